The van der Waals surface area contributed by atoms with Crippen LogP contribution in [0.15, 0.2) is 91.1 Å². The summed E-state index contributed by atoms with van der Waals surface area (Å²) in [5.74, 6) is 0.595. The summed E-state index contributed by atoms with van der Waals surface area (Å²) in [6.45, 7) is 0. The summed E-state index contributed by atoms with van der Waals surface area (Å²) in [6.07, 6.45) is 1.68. The van der Waals surface area contributed by atoms with Gasteiger partial charge in [-0.3, -0.25) is 4.79 Å². The number of nitrogens with one attached hydrogen (secondary N) is 2. The molecule has 0 aliphatic rings. The largest absolute Gasteiger partial charge is 0.340 e. The average molecular weight is 384 g/mol. The maximum absolute atomic E-state index is 13.0. The smallest absolute Gasteiger partial charge is 0.255 e. The maximum atomic E-state index is 13.0. The topological polar surface area (TPSA) is 66.9 Å². The summed E-state index contributed by atoms with van der Waals surface area (Å²) in [6, 6.07) is 24.1. The molecule has 0 radical (unpaired) electrons. The molecule has 142 valence electrons. The molecule has 4 rings (SSSR count). The van der Waals surface area contributed by atoms with E-state index >= 15 is 0 Å². The van der Waals surface area contributed by atoms with Gasteiger partial charge in [0.25, 0.3) is 5.91 Å². The SMILES string of the molecule is O=C(Nc1ccc(F)cc1)c1cccc(Nc2ccnc(-c3ccccc3)n2)c1. The second-order valence-electron chi connectivity index (χ2n) is 6.30. The Labute approximate surface area is 167 Å². The van der Waals surface area contributed by atoms with E-state index in [1.165, 1.54) is 24.3 Å². The number of rotatable bonds is 5. The minimum Gasteiger partial charge on any atom is -0.340 e. The number of anilines is 3. The van der Waals surface area contributed by atoms with Crippen LogP contribution in [0.3, 0.4) is 0 Å². The molecule has 0 aliphatic heterocycles. The number of carbonyl (C=O) groups excluding carboxylic acids is 1. The van der Waals surface area contributed by atoms with Crippen molar-refractivity contribution >= 4 is 23.1 Å². The zero-order chi connectivity index (χ0) is 20.1. The first-order valence-electron chi connectivity index (χ1n) is 9.00. The Bertz CT molecular complexity index is 1130. The van der Waals surface area contributed by atoms with Gasteiger partial charge in [0.15, 0.2) is 5.82 Å². The van der Waals surface area contributed by atoms with Crippen LogP contribution in [0.4, 0.5) is 21.6 Å². The number of aromatic nitrogens is 2. The molecule has 0 saturated carbocycles. The third kappa shape index (κ3) is 4.62. The molecule has 4 aromatic rings. The first-order chi connectivity index (χ1) is 14.2. The molecule has 0 fully saturated rings. The van der Waals surface area contributed by atoms with Gasteiger partial charge >= 0.3 is 0 Å². The molecular formula is C23H17FN4O. The van der Waals surface area contributed by atoms with Crippen molar-refractivity contribution in [2.75, 3.05) is 10.6 Å². The third-order valence-corrected chi connectivity index (χ3v) is 4.19. The molecule has 0 atom stereocenters. The lowest BCUT2D eigenvalue weighted by Gasteiger charge is -2.09. The van der Waals surface area contributed by atoms with Crippen LogP contribution in [-0.2, 0) is 0 Å². The molecule has 1 aromatic heterocycles. The number of nitrogens with zero attached hydrogens (tertiary/aromatic N) is 2. The van der Waals surface area contributed by atoms with Gasteiger partial charge in [-0.05, 0) is 48.5 Å². The fourth-order valence-corrected chi connectivity index (χ4v) is 2.78. The lowest BCUT2D eigenvalue weighted by Crippen LogP contribution is -2.12. The highest BCUT2D eigenvalue weighted by Crippen LogP contribution is 2.20. The predicted octanol–water partition coefficient (Wildman–Crippen LogP) is 5.28. The van der Waals surface area contributed by atoms with Crippen molar-refractivity contribution in [2.45, 2.75) is 0 Å². The minimum atomic E-state index is -0.353. The maximum Gasteiger partial charge on any atom is 0.255 e. The molecule has 3 aromatic carbocycles. The molecule has 6 heteroatoms. The van der Waals surface area contributed by atoms with Crippen molar-refractivity contribution in [3.8, 4) is 11.4 Å². The van der Waals surface area contributed by atoms with Crippen molar-refractivity contribution in [2.24, 2.45) is 0 Å². The average Bonchev–Trinajstić information content (AvgIpc) is 2.76. The van der Waals surface area contributed by atoms with Crippen LogP contribution in [0, 0.1) is 5.82 Å². The van der Waals surface area contributed by atoms with Crippen molar-refractivity contribution in [1.82, 2.24) is 9.97 Å². The number of hydrogen-bond donors (Lipinski definition) is 2. The summed E-state index contributed by atoms with van der Waals surface area (Å²) < 4.78 is 13.0. The van der Waals surface area contributed by atoms with Crippen LogP contribution in [0.25, 0.3) is 11.4 Å². The van der Waals surface area contributed by atoms with Gasteiger partial charge in [-0.15, -0.1) is 0 Å². The quantitative estimate of drug-likeness (QED) is 0.491. The van der Waals surface area contributed by atoms with E-state index in [1.807, 2.05) is 36.4 Å². The van der Waals surface area contributed by atoms with Crippen molar-refractivity contribution < 1.29 is 9.18 Å². The zero-order valence-electron chi connectivity index (χ0n) is 15.3. The molecule has 0 unspecified atom stereocenters. The molecular weight excluding hydrogens is 367 g/mol. The van der Waals surface area contributed by atoms with E-state index in [4.69, 9.17) is 0 Å². The first-order valence-corrected chi connectivity index (χ1v) is 9.00. The van der Waals surface area contributed by atoms with Gasteiger partial charge in [0, 0.05) is 28.7 Å². The monoisotopic (exact) mass is 384 g/mol. The van der Waals surface area contributed by atoms with E-state index in [-0.39, 0.29) is 11.7 Å². The Morgan fingerprint density at radius 1 is 0.828 bits per heavy atom. The van der Waals surface area contributed by atoms with Gasteiger partial charge < -0.3 is 10.6 Å². The fourth-order valence-electron chi connectivity index (χ4n) is 2.78. The van der Waals surface area contributed by atoms with Crippen LogP contribution in [0.1, 0.15) is 10.4 Å². The second kappa shape index (κ2) is 8.31. The molecule has 0 saturated heterocycles. The van der Waals surface area contributed by atoms with E-state index in [0.717, 1.165) is 11.3 Å². The lowest BCUT2D eigenvalue weighted by molar-refractivity contribution is 0.102. The highest BCUT2D eigenvalue weighted by molar-refractivity contribution is 6.04. The summed E-state index contributed by atoms with van der Waals surface area (Å²) in [5.41, 5.74) is 2.63. The first kappa shape index (κ1) is 18.3. The zero-order valence-corrected chi connectivity index (χ0v) is 15.3. The molecule has 0 bridgehead atoms. The number of hydrogen-bond acceptors (Lipinski definition) is 4. The van der Waals surface area contributed by atoms with Gasteiger partial charge in [0.05, 0.1) is 0 Å². The number of halogens is 1. The van der Waals surface area contributed by atoms with E-state index in [2.05, 4.69) is 20.6 Å². The van der Waals surface area contributed by atoms with Crippen molar-refractivity contribution in [3.63, 3.8) is 0 Å². The summed E-state index contributed by atoms with van der Waals surface area (Å²) in [5, 5.41) is 5.95. The highest BCUT2D eigenvalue weighted by atomic mass is 19.1. The van der Waals surface area contributed by atoms with Crippen LogP contribution in [0.5, 0.6) is 0 Å². The Morgan fingerprint density at radius 2 is 1.62 bits per heavy atom. The van der Waals surface area contributed by atoms with Crippen LogP contribution >= 0.6 is 0 Å². The van der Waals surface area contributed by atoms with Crippen molar-refractivity contribution in [1.29, 1.82) is 0 Å². The predicted molar refractivity (Wildman–Crippen MR) is 112 cm³/mol. The second-order valence-corrected chi connectivity index (χ2v) is 6.30. The molecule has 0 aliphatic carbocycles. The molecule has 1 heterocycles. The fraction of sp³-hybridized carbons (Fsp3) is 0. The molecule has 2 N–H and O–H groups in total. The van der Waals surface area contributed by atoms with Crippen LogP contribution in [0.2, 0.25) is 0 Å². The molecule has 0 spiro atoms. The standard InChI is InChI=1S/C23H17FN4O/c24-18-9-11-19(12-10-18)27-23(29)17-7-4-8-20(15-17)26-21-13-14-25-22(28-21)16-5-2-1-3-6-16/h1-15H,(H,27,29)(H,25,26,28). The van der Waals surface area contributed by atoms with Crippen LogP contribution < -0.4 is 10.6 Å². The number of carbonyl (C=O) groups is 1. The van der Waals surface area contributed by atoms with Crippen LogP contribution in [-0.4, -0.2) is 15.9 Å². The van der Waals surface area contributed by atoms with Gasteiger partial charge in [-0.2, -0.15) is 0 Å². The molecule has 1 amide bonds. The summed E-state index contributed by atoms with van der Waals surface area (Å²) >= 11 is 0. The Balaban J connectivity index is 1.50. The Kier molecular flexibility index (Phi) is 5.25. The highest BCUT2D eigenvalue weighted by Gasteiger charge is 2.08. The molecule has 29 heavy (non-hydrogen) atoms. The Hall–Kier alpha value is -4.06. The van der Waals surface area contributed by atoms with E-state index in [9.17, 15) is 9.18 Å². The van der Waals surface area contributed by atoms with Gasteiger partial charge in [-0.1, -0.05) is 36.4 Å². The lowest BCUT2D eigenvalue weighted by atomic mass is 10.1. The van der Waals surface area contributed by atoms with Crippen molar-refractivity contribution in [3.05, 3.63) is 103 Å². The number of amides is 1. The van der Waals surface area contributed by atoms with Gasteiger partial charge in [0.2, 0.25) is 0 Å². The van der Waals surface area contributed by atoms with Gasteiger partial charge in [-0.25, -0.2) is 14.4 Å². The number of benzene rings is 3. The normalized spacial score (nSPS) is 10.4. The van der Waals surface area contributed by atoms with E-state index in [0.29, 0.717) is 22.9 Å². The summed E-state index contributed by atoms with van der Waals surface area (Å²) in [7, 11) is 0. The summed E-state index contributed by atoms with van der Waals surface area (Å²) in [4.78, 5) is 21.3. The van der Waals surface area contributed by atoms with E-state index < -0.39 is 0 Å². The van der Waals surface area contributed by atoms with Gasteiger partial charge in [0.1, 0.15) is 11.6 Å². The Morgan fingerprint density at radius 3 is 2.41 bits per heavy atom. The molecule has 5 nitrogen and oxygen atoms in total. The minimum absolute atomic E-state index is 0.284. The third-order valence-electron chi connectivity index (χ3n) is 4.19. The van der Waals surface area contributed by atoms with E-state index in [1.54, 1.807) is 30.5 Å².